The fourth-order valence-corrected chi connectivity index (χ4v) is 2.71. The lowest BCUT2D eigenvalue weighted by Gasteiger charge is -2.37. The standard InChI is InChI=1S/C17H22F4N2O2/c1-16(2,3)25-15(24)23-5-4-22-10-14(23)8-11-6-12(17(19,20)21)9-13(18)7-11/h6-7,9,14,22H,4-5,8,10H2,1-3H3. The quantitative estimate of drug-likeness (QED) is 0.818. The van der Waals surface area contributed by atoms with Crippen molar-refractivity contribution in [1.82, 2.24) is 10.2 Å². The summed E-state index contributed by atoms with van der Waals surface area (Å²) in [6, 6.07) is 2.04. The lowest BCUT2D eigenvalue weighted by atomic mass is 10.0. The van der Waals surface area contributed by atoms with E-state index in [9.17, 15) is 22.4 Å². The van der Waals surface area contributed by atoms with Crippen LogP contribution in [-0.4, -0.2) is 42.3 Å². The van der Waals surface area contributed by atoms with Gasteiger partial charge >= 0.3 is 12.3 Å². The van der Waals surface area contributed by atoms with E-state index >= 15 is 0 Å². The zero-order chi connectivity index (χ0) is 18.8. The van der Waals surface area contributed by atoms with Crippen LogP contribution in [0.25, 0.3) is 0 Å². The number of nitrogens with zero attached hydrogens (tertiary/aromatic N) is 1. The van der Waals surface area contributed by atoms with Crippen LogP contribution in [0.3, 0.4) is 0 Å². The van der Waals surface area contributed by atoms with Crippen molar-refractivity contribution in [2.45, 2.75) is 45.0 Å². The Kier molecular flexibility index (Phi) is 5.61. The van der Waals surface area contributed by atoms with Crippen molar-refractivity contribution in [3.05, 3.63) is 35.1 Å². The second-order valence-electron chi connectivity index (χ2n) is 7.08. The number of nitrogens with one attached hydrogen (secondary N) is 1. The molecule has 25 heavy (non-hydrogen) atoms. The van der Waals surface area contributed by atoms with Gasteiger partial charge in [0.25, 0.3) is 0 Å². The van der Waals surface area contributed by atoms with Gasteiger partial charge in [-0.1, -0.05) is 0 Å². The maximum absolute atomic E-state index is 13.6. The summed E-state index contributed by atoms with van der Waals surface area (Å²) in [6.45, 7) is 6.56. The minimum absolute atomic E-state index is 0.104. The number of amides is 1. The number of hydrogen-bond donors (Lipinski definition) is 1. The molecule has 1 N–H and O–H groups in total. The van der Waals surface area contributed by atoms with E-state index in [0.29, 0.717) is 25.7 Å². The molecule has 1 aromatic carbocycles. The molecule has 1 aliphatic rings. The summed E-state index contributed by atoms with van der Waals surface area (Å²) in [4.78, 5) is 13.8. The van der Waals surface area contributed by atoms with Gasteiger partial charge in [-0.05, 0) is 51.0 Å². The summed E-state index contributed by atoms with van der Waals surface area (Å²) >= 11 is 0. The zero-order valence-corrected chi connectivity index (χ0v) is 14.4. The maximum atomic E-state index is 13.6. The normalized spacial score (nSPS) is 19.0. The Morgan fingerprint density at radius 3 is 2.56 bits per heavy atom. The van der Waals surface area contributed by atoms with Crippen LogP contribution < -0.4 is 5.32 Å². The van der Waals surface area contributed by atoms with Crippen LogP contribution in [0, 0.1) is 5.82 Å². The average Bonchev–Trinajstić information content (AvgIpc) is 2.44. The van der Waals surface area contributed by atoms with Gasteiger partial charge in [0, 0.05) is 19.6 Å². The molecule has 0 saturated carbocycles. The van der Waals surface area contributed by atoms with E-state index in [1.807, 2.05) is 0 Å². The van der Waals surface area contributed by atoms with Crippen LogP contribution in [0.1, 0.15) is 31.9 Å². The molecular formula is C17H22F4N2O2. The van der Waals surface area contributed by atoms with Crippen LogP contribution in [0.2, 0.25) is 0 Å². The lowest BCUT2D eigenvalue weighted by molar-refractivity contribution is -0.137. The first-order valence-electron chi connectivity index (χ1n) is 8.03. The molecule has 8 heteroatoms. The third kappa shape index (κ3) is 5.59. The molecule has 1 amide bonds. The van der Waals surface area contributed by atoms with Gasteiger partial charge in [0.15, 0.2) is 0 Å². The molecule has 2 rings (SSSR count). The predicted octanol–water partition coefficient (Wildman–Crippen LogP) is 3.60. The van der Waals surface area contributed by atoms with Crippen molar-refractivity contribution in [1.29, 1.82) is 0 Å². The van der Waals surface area contributed by atoms with Crippen molar-refractivity contribution in [2.75, 3.05) is 19.6 Å². The SMILES string of the molecule is CC(C)(C)OC(=O)N1CCNCC1Cc1cc(F)cc(C(F)(F)F)c1. The average molecular weight is 362 g/mol. The molecule has 0 aliphatic carbocycles. The largest absolute Gasteiger partial charge is 0.444 e. The molecule has 140 valence electrons. The van der Waals surface area contributed by atoms with Gasteiger partial charge in [0.05, 0.1) is 11.6 Å². The van der Waals surface area contributed by atoms with Crippen LogP contribution in [0.5, 0.6) is 0 Å². The summed E-state index contributed by atoms with van der Waals surface area (Å²) in [5.41, 5.74) is -1.51. The summed E-state index contributed by atoms with van der Waals surface area (Å²) in [6.07, 6.45) is -5.04. The van der Waals surface area contributed by atoms with Gasteiger partial charge in [-0.25, -0.2) is 9.18 Å². The second kappa shape index (κ2) is 7.19. The van der Waals surface area contributed by atoms with Crippen LogP contribution in [0.15, 0.2) is 18.2 Å². The third-order valence-electron chi connectivity index (χ3n) is 3.73. The number of piperazine rings is 1. The van der Waals surface area contributed by atoms with E-state index in [4.69, 9.17) is 4.74 Å². The molecule has 1 heterocycles. The van der Waals surface area contributed by atoms with Crippen molar-refractivity contribution in [3.8, 4) is 0 Å². The Balaban J connectivity index is 2.19. The molecule has 1 aromatic rings. The Morgan fingerprint density at radius 2 is 1.96 bits per heavy atom. The van der Waals surface area contributed by atoms with Gasteiger partial charge in [0.2, 0.25) is 0 Å². The molecule has 4 nitrogen and oxygen atoms in total. The zero-order valence-electron chi connectivity index (χ0n) is 14.4. The molecule has 0 bridgehead atoms. The molecule has 0 radical (unpaired) electrons. The predicted molar refractivity (Wildman–Crippen MR) is 84.7 cm³/mol. The van der Waals surface area contributed by atoms with Gasteiger partial charge in [0.1, 0.15) is 11.4 Å². The Bertz CT molecular complexity index is 626. The third-order valence-corrected chi connectivity index (χ3v) is 3.73. The number of carbonyl (C=O) groups excluding carboxylic acids is 1. The van der Waals surface area contributed by atoms with Gasteiger partial charge < -0.3 is 15.0 Å². The summed E-state index contributed by atoms with van der Waals surface area (Å²) < 4.78 is 57.5. The minimum atomic E-state index is -4.62. The summed E-state index contributed by atoms with van der Waals surface area (Å²) in [5, 5.41) is 3.10. The minimum Gasteiger partial charge on any atom is -0.444 e. The Hall–Kier alpha value is -1.83. The van der Waals surface area contributed by atoms with Crippen LogP contribution >= 0.6 is 0 Å². The Morgan fingerprint density at radius 1 is 1.28 bits per heavy atom. The lowest BCUT2D eigenvalue weighted by Crippen LogP contribution is -2.55. The first kappa shape index (κ1) is 19.5. The van der Waals surface area contributed by atoms with Gasteiger partial charge in [-0.15, -0.1) is 0 Å². The first-order chi connectivity index (χ1) is 11.5. The Labute approximate surface area is 144 Å². The first-order valence-corrected chi connectivity index (χ1v) is 8.03. The van der Waals surface area contributed by atoms with E-state index in [1.54, 1.807) is 20.8 Å². The fourth-order valence-electron chi connectivity index (χ4n) is 2.71. The van der Waals surface area contributed by atoms with E-state index in [-0.39, 0.29) is 12.0 Å². The van der Waals surface area contributed by atoms with Gasteiger partial charge in [-0.3, -0.25) is 0 Å². The molecule has 0 spiro atoms. The highest BCUT2D eigenvalue weighted by Gasteiger charge is 2.33. The van der Waals surface area contributed by atoms with E-state index in [1.165, 1.54) is 4.90 Å². The number of hydrogen-bond acceptors (Lipinski definition) is 3. The topological polar surface area (TPSA) is 41.6 Å². The molecule has 1 atom stereocenters. The van der Waals surface area contributed by atoms with Crippen molar-refractivity contribution in [2.24, 2.45) is 0 Å². The molecule has 1 unspecified atom stereocenters. The van der Waals surface area contributed by atoms with Crippen molar-refractivity contribution in [3.63, 3.8) is 0 Å². The molecular weight excluding hydrogens is 340 g/mol. The molecule has 1 aliphatic heterocycles. The highest BCUT2D eigenvalue weighted by molar-refractivity contribution is 5.68. The number of alkyl halides is 3. The van der Waals surface area contributed by atoms with Crippen LogP contribution in [0.4, 0.5) is 22.4 Å². The number of halogens is 4. The van der Waals surface area contributed by atoms with Crippen LogP contribution in [-0.2, 0) is 17.3 Å². The summed E-state index contributed by atoms with van der Waals surface area (Å²) in [5.74, 6) is -0.947. The highest BCUT2D eigenvalue weighted by Crippen LogP contribution is 2.31. The molecule has 1 fully saturated rings. The molecule has 1 saturated heterocycles. The maximum Gasteiger partial charge on any atom is 0.416 e. The van der Waals surface area contributed by atoms with Crippen molar-refractivity contribution < 1.29 is 27.1 Å². The van der Waals surface area contributed by atoms with Gasteiger partial charge in [-0.2, -0.15) is 13.2 Å². The molecule has 0 aromatic heterocycles. The fraction of sp³-hybridized carbons (Fsp3) is 0.588. The second-order valence-corrected chi connectivity index (χ2v) is 7.08. The van der Waals surface area contributed by atoms with E-state index in [2.05, 4.69) is 5.32 Å². The summed E-state index contributed by atoms with van der Waals surface area (Å²) in [7, 11) is 0. The van der Waals surface area contributed by atoms with Crippen molar-refractivity contribution >= 4 is 6.09 Å². The number of benzene rings is 1. The smallest absolute Gasteiger partial charge is 0.416 e. The van der Waals surface area contributed by atoms with E-state index in [0.717, 1.165) is 12.1 Å². The van der Waals surface area contributed by atoms with E-state index < -0.39 is 35.3 Å². The highest BCUT2D eigenvalue weighted by atomic mass is 19.4. The number of carbonyl (C=O) groups is 1. The number of rotatable bonds is 2. The number of ether oxygens (including phenoxy) is 1. The monoisotopic (exact) mass is 362 g/mol.